The van der Waals surface area contributed by atoms with Gasteiger partial charge in [0.1, 0.15) is 0 Å². The highest BCUT2D eigenvalue weighted by Crippen LogP contribution is 2.31. The molecule has 0 N–H and O–H groups in total. The predicted molar refractivity (Wildman–Crippen MR) is 48.0 cm³/mol. The van der Waals surface area contributed by atoms with Crippen molar-refractivity contribution in [2.75, 3.05) is 0 Å². The fourth-order valence-electron chi connectivity index (χ4n) is 0.542. The topological polar surface area (TPSA) is 43.4 Å². The van der Waals surface area contributed by atoms with Crippen molar-refractivity contribution in [3.05, 3.63) is 23.6 Å². The molecule has 1 aliphatic heterocycles. The predicted octanol–water partition coefficient (Wildman–Crippen LogP) is 1.92. The molecule has 0 saturated carbocycles. The summed E-state index contributed by atoms with van der Waals surface area (Å²) in [4.78, 5) is 0. The van der Waals surface area contributed by atoms with Crippen LogP contribution >= 0.6 is 10.8 Å². The van der Waals surface area contributed by atoms with Gasteiger partial charge in [0.2, 0.25) is 0 Å². The Morgan fingerprint density at radius 2 is 1.79 bits per heavy atom. The molecule has 0 aromatic carbocycles. The highest BCUT2D eigenvalue weighted by Gasteiger charge is 2.48. The van der Waals surface area contributed by atoms with Crippen molar-refractivity contribution < 1.29 is 25.2 Å². The van der Waals surface area contributed by atoms with Gasteiger partial charge in [0.15, 0.2) is 0 Å². The Morgan fingerprint density at radius 1 is 1.14 bits per heavy atom. The largest absolute Gasteiger partial charge is 0.524 e. The molecule has 0 aromatic rings. The lowest BCUT2D eigenvalue weighted by molar-refractivity contribution is -0.0494. The molecule has 14 heavy (non-hydrogen) atoms. The van der Waals surface area contributed by atoms with Crippen molar-refractivity contribution in [2.45, 2.75) is 5.51 Å². The van der Waals surface area contributed by atoms with E-state index < -0.39 is 26.4 Å². The summed E-state index contributed by atoms with van der Waals surface area (Å²) < 4.78 is 60.4. The summed E-state index contributed by atoms with van der Waals surface area (Å²) in [6, 6.07) is 0. The van der Waals surface area contributed by atoms with Crippen LogP contribution in [-0.2, 0) is 13.7 Å². The zero-order valence-corrected chi connectivity index (χ0v) is 8.19. The fraction of sp³-hybridized carbons (Fsp3) is 0.167. The molecule has 0 amide bonds. The van der Waals surface area contributed by atoms with Gasteiger partial charge in [-0.1, -0.05) is 18.2 Å². The van der Waals surface area contributed by atoms with Gasteiger partial charge in [-0.05, 0) is 21.5 Å². The number of hydrogen-bond donors (Lipinski definition) is 0. The van der Waals surface area contributed by atoms with Crippen molar-refractivity contribution >= 4 is 26.3 Å². The van der Waals surface area contributed by atoms with Crippen molar-refractivity contribution in [1.82, 2.24) is 0 Å². The first-order valence-electron chi connectivity index (χ1n) is 3.24. The molecular formula is C6H5F3O3S2. The van der Waals surface area contributed by atoms with Crippen LogP contribution in [0.4, 0.5) is 13.2 Å². The lowest BCUT2D eigenvalue weighted by atomic mass is 10.5. The molecule has 80 valence electrons. The molecule has 3 nitrogen and oxygen atoms in total. The summed E-state index contributed by atoms with van der Waals surface area (Å²) in [5.74, 6) is 0. The summed E-state index contributed by atoms with van der Waals surface area (Å²) in [5, 5.41) is 2.45. The third-order valence-corrected chi connectivity index (χ3v) is 3.86. The number of alkyl halides is 3. The minimum Gasteiger partial charge on any atom is -0.194 e. The van der Waals surface area contributed by atoms with E-state index in [-0.39, 0.29) is 0 Å². The molecule has 0 bridgehead atoms. The summed E-state index contributed by atoms with van der Waals surface area (Å²) in [5.41, 5.74) is -5.37. The molecule has 0 aromatic heterocycles. The molecular weight excluding hydrogens is 241 g/mol. The van der Waals surface area contributed by atoms with Crippen LogP contribution in [0, 0.1) is 0 Å². The van der Waals surface area contributed by atoms with Crippen LogP contribution in [-0.4, -0.2) is 19.3 Å². The molecule has 0 saturated heterocycles. The lowest BCUT2D eigenvalue weighted by Gasteiger charge is -2.09. The molecule has 1 atom stereocenters. The third-order valence-electron chi connectivity index (χ3n) is 1.10. The Labute approximate surface area is 81.1 Å². The summed E-state index contributed by atoms with van der Waals surface area (Å²) in [7, 11) is -6.96. The van der Waals surface area contributed by atoms with Gasteiger partial charge in [-0.25, -0.2) is 0 Å². The second-order valence-electron chi connectivity index (χ2n) is 2.15. The van der Waals surface area contributed by atoms with Gasteiger partial charge in [0.05, 0.1) is 0 Å². The SMILES string of the molecule is O=S(=O)(OS1=CC=CC=C1)C(F)(F)F. The fourth-order valence-corrected chi connectivity index (χ4v) is 2.62. The maximum absolute atomic E-state index is 11.8. The van der Waals surface area contributed by atoms with Crippen molar-refractivity contribution in [3.8, 4) is 0 Å². The second kappa shape index (κ2) is 3.87. The Balaban J connectivity index is 2.85. The van der Waals surface area contributed by atoms with Crippen LogP contribution in [0.1, 0.15) is 0 Å². The van der Waals surface area contributed by atoms with Crippen LogP contribution < -0.4 is 0 Å². The van der Waals surface area contributed by atoms with E-state index in [1.54, 1.807) is 6.08 Å². The van der Waals surface area contributed by atoms with Gasteiger partial charge in [0, 0.05) is 0 Å². The first-order chi connectivity index (χ1) is 6.33. The standard InChI is InChI=1S/C6H5F3O3S2/c7-6(8,9)14(10,11)12-13-4-2-1-3-5-13/h1-5H. The van der Waals surface area contributed by atoms with Crippen LogP contribution in [0.2, 0.25) is 0 Å². The number of allylic oxidation sites excluding steroid dienone is 3. The third kappa shape index (κ3) is 2.69. The molecule has 8 heteroatoms. The van der Waals surface area contributed by atoms with Crippen molar-refractivity contribution in [1.29, 1.82) is 0 Å². The van der Waals surface area contributed by atoms with Crippen LogP contribution in [0.3, 0.4) is 0 Å². The lowest BCUT2D eigenvalue weighted by Crippen LogP contribution is -2.23. The van der Waals surface area contributed by atoms with E-state index >= 15 is 0 Å². The van der Waals surface area contributed by atoms with E-state index in [2.05, 4.69) is 3.63 Å². The number of halogens is 3. The van der Waals surface area contributed by atoms with E-state index in [4.69, 9.17) is 0 Å². The van der Waals surface area contributed by atoms with Crippen LogP contribution in [0.5, 0.6) is 0 Å². The van der Waals surface area contributed by atoms with Gasteiger partial charge in [-0.15, -0.1) is 0 Å². The minimum absolute atomic E-state index is 1.23. The van der Waals surface area contributed by atoms with Crippen molar-refractivity contribution in [2.24, 2.45) is 0 Å². The maximum atomic E-state index is 11.8. The van der Waals surface area contributed by atoms with Gasteiger partial charge < -0.3 is 0 Å². The highest BCUT2D eigenvalue weighted by atomic mass is 32.3. The van der Waals surface area contributed by atoms with E-state index in [1.807, 2.05) is 0 Å². The number of hydrogen-bond acceptors (Lipinski definition) is 3. The minimum atomic E-state index is -5.50. The summed E-state index contributed by atoms with van der Waals surface area (Å²) >= 11 is 0. The maximum Gasteiger partial charge on any atom is 0.524 e. The first kappa shape index (κ1) is 11.5. The molecule has 0 fully saturated rings. The quantitative estimate of drug-likeness (QED) is 0.552. The molecule has 1 heterocycles. The Hall–Kier alpha value is -0.600. The van der Waals surface area contributed by atoms with Gasteiger partial charge in [0.25, 0.3) is 0 Å². The monoisotopic (exact) mass is 246 g/mol. The van der Waals surface area contributed by atoms with E-state index in [9.17, 15) is 21.6 Å². The molecule has 1 rings (SSSR count). The summed E-state index contributed by atoms with van der Waals surface area (Å²) in [6.45, 7) is 0. The smallest absolute Gasteiger partial charge is 0.194 e. The normalized spacial score (nSPS) is 22.1. The first-order valence-corrected chi connectivity index (χ1v) is 5.93. The van der Waals surface area contributed by atoms with Crippen LogP contribution in [0.25, 0.3) is 0 Å². The number of rotatable bonds is 2. The second-order valence-corrected chi connectivity index (χ2v) is 5.26. The van der Waals surface area contributed by atoms with Gasteiger partial charge in [-0.3, -0.25) is 0 Å². The Kier molecular flexibility index (Phi) is 3.17. The van der Waals surface area contributed by atoms with Crippen LogP contribution in [0.15, 0.2) is 23.6 Å². The van der Waals surface area contributed by atoms with E-state index in [1.165, 1.54) is 22.9 Å². The van der Waals surface area contributed by atoms with Gasteiger partial charge >= 0.3 is 15.6 Å². The Morgan fingerprint density at radius 3 is 2.21 bits per heavy atom. The molecule has 0 aliphatic carbocycles. The van der Waals surface area contributed by atoms with Gasteiger partial charge in [-0.2, -0.15) is 25.2 Å². The Bertz CT molecular complexity index is 403. The van der Waals surface area contributed by atoms with E-state index in [0.717, 1.165) is 0 Å². The summed E-state index contributed by atoms with van der Waals surface area (Å²) in [6.07, 6.45) is 4.37. The zero-order valence-electron chi connectivity index (χ0n) is 6.56. The van der Waals surface area contributed by atoms with E-state index in [0.29, 0.717) is 0 Å². The zero-order chi connectivity index (χ0) is 10.8. The molecule has 1 unspecified atom stereocenters. The highest BCUT2D eigenvalue weighted by molar-refractivity contribution is 8.18. The molecule has 0 radical (unpaired) electrons. The average molecular weight is 246 g/mol. The average Bonchev–Trinajstić information content (AvgIpc) is 2.03. The molecule has 1 aliphatic rings. The van der Waals surface area contributed by atoms with Crippen molar-refractivity contribution in [3.63, 3.8) is 0 Å². The molecule has 0 spiro atoms.